The van der Waals surface area contributed by atoms with Gasteiger partial charge in [0, 0.05) is 32.4 Å². The fourth-order valence-corrected chi connectivity index (χ4v) is 4.15. The van der Waals surface area contributed by atoms with Gasteiger partial charge in [-0.15, -0.1) is 0 Å². The summed E-state index contributed by atoms with van der Waals surface area (Å²) in [4.78, 5) is 20.1. The van der Waals surface area contributed by atoms with Gasteiger partial charge in [-0.3, -0.25) is 9.69 Å². The van der Waals surface area contributed by atoms with Crippen LogP contribution in [0.4, 0.5) is 19.0 Å². The summed E-state index contributed by atoms with van der Waals surface area (Å²) in [5.74, 6) is 0.141. The van der Waals surface area contributed by atoms with E-state index in [0.717, 1.165) is 31.5 Å². The second kappa shape index (κ2) is 8.76. The van der Waals surface area contributed by atoms with Crippen molar-refractivity contribution < 1.29 is 18.0 Å². The minimum absolute atomic E-state index is 0.0423. The second-order valence-electron chi connectivity index (χ2n) is 7.59. The van der Waals surface area contributed by atoms with E-state index in [0.29, 0.717) is 44.8 Å². The molecule has 1 aliphatic carbocycles. The van der Waals surface area contributed by atoms with Crippen molar-refractivity contribution in [2.75, 3.05) is 37.6 Å². The van der Waals surface area contributed by atoms with E-state index >= 15 is 0 Å². The van der Waals surface area contributed by atoms with Crippen LogP contribution in [0.15, 0.2) is 12.3 Å². The van der Waals surface area contributed by atoms with E-state index in [1.807, 2.05) is 9.80 Å². The fourth-order valence-electron chi connectivity index (χ4n) is 3.87. The van der Waals surface area contributed by atoms with E-state index in [9.17, 15) is 23.2 Å². The minimum atomic E-state index is -4.49. The van der Waals surface area contributed by atoms with E-state index in [1.54, 1.807) is 0 Å². The molecular weight excluding hydrogens is 407 g/mol. The maximum absolute atomic E-state index is 12.8. The molecule has 1 saturated carbocycles. The zero-order valence-electron chi connectivity index (χ0n) is 15.9. The van der Waals surface area contributed by atoms with Crippen LogP contribution in [-0.2, 0) is 11.0 Å². The second-order valence-corrected chi connectivity index (χ2v) is 8.00. The van der Waals surface area contributed by atoms with Gasteiger partial charge in [-0.25, -0.2) is 4.98 Å². The molecule has 2 aliphatic rings. The lowest BCUT2D eigenvalue weighted by atomic mass is 9.83. The Morgan fingerprint density at radius 1 is 1.24 bits per heavy atom. The van der Waals surface area contributed by atoms with Gasteiger partial charge in [0.25, 0.3) is 0 Å². The summed E-state index contributed by atoms with van der Waals surface area (Å²) in [6.07, 6.45) is 0.623. The van der Waals surface area contributed by atoms with Crippen LogP contribution >= 0.6 is 11.6 Å². The van der Waals surface area contributed by atoms with E-state index < -0.39 is 17.3 Å². The minimum Gasteiger partial charge on any atom is -0.353 e. The third-order valence-electron chi connectivity index (χ3n) is 5.49. The van der Waals surface area contributed by atoms with E-state index in [1.165, 1.54) is 0 Å². The van der Waals surface area contributed by atoms with Gasteiger partial charge in [0.15, 0.2) is 0 Å². The first-order chi connectivity index (χ1) is 13.7. The molecule has 10 heteroatoms. The van der Waals surface area contributed by atoms with Crippen LogP contribution in [0, 0.1) is 11.3 Å². The number of carbonyl (C=O) groups excluding carboxylic acids is 1. The first-order valence-electron chi connectivity index (χ1n) is 9.65. The normalized spacial score (nSPS) is 20.2. The fraction of sp³-hybridized carbons (Fsp3) is 0.632. The van der Waals surface area contributed by atoms with Crippen molar-refractivity contribution in [1.29, 1.82) is 5.26 Å². The number of amides is 1. The molecule has 29 heavy (non-hydrogen) atoms. The summed E-state index contributed by atoms with van der Waals surface area (Å²) in [7, 11) is 0. The molecule has 0 aromatic carbocycles. The van der Waals surface area contributed by atoms with Crippen LogP contribution in [0.25, 0.3) is 0 Å². The van der Waals surface area contributed by atoms with Crippen LogP contribution < -0.4 is 10.2 Å². The number of nitriles is 1. The molecule has 1 saturated heterocycles. The molecule has 1 N–H and O–H groups in total. The Morgan fingerprint density at radius 2 is 1.90 bits per heavy atom. The van der Waals surface area contributed by atoms with Crippen molar-refractivity contribution in [2.45, 2.75) is 43.8 Å². The number of anilines is 1. The maximum atomic E-state index is 12.8. The van der Waals surface area contributed by atoms with Crippen LogP contribution in [0.5, 0.6) is 0 Å². The number of hydrogen-bond donors (Lipinski definition) is 1. The molecule has 0 bridgehead atoms. The number of halogens is 4. The average molecular weight is 430 g/mol. The Kier molecular flexibility index (Phi) is 6.54. The lowest BCUT2D eigenvalue weighted by Gasteiger charge is -2.36. The summed E-state index contributed by atoms with van der Waals surface area (Å²) in [6.45, 7) is 2.27. The Hall–Kier alpha value is -2.05. The predicted molar refractivity (Wildman–Crippen MR) is 102 cm³/mol. The largest absolute Gasteiger partial charge is 0.417 e. The number of aromatic nitrogens is 1. The van der Waals surface area contributed by atoms with Gasteiger partial charge < -0.3 is 10.2 Å². The Bertz CT molecular complexity index is 781. The van der Waals surface area contributed by atoms with Gasteiger partial charge in [0.1, 0.15) is 11.4 Å². The molecule has 1 aromatic rings. The molecule has 6 nitrogen and oxygen atoms in total. The molecule has 0 spiro atoms. The zero-order valence-corrected chi connectivity index (χ0v) is 16.7. The molecule has 2 fully saturated rings. The SMILES string of the molecule is N#CC1(NC(=O)CN2CCN(c3ncc(C(F)(F)F)cc3Cl)CC2)CCCCC1. The van der Waals surface area contributed by atoms with E-state index in [4.69, 9.17) is 11.6 Å². The maximum Gasteiger partial charge on any atom is 0.417 e. The van der Waals surface area contributed by atoms with Gasteiger partial charge in [0.2, 0.25) is 5.91 Å². The van der Waals surface area contributed by atoms with Gasteiger partial charge in [-0.05, 0) is 18.9 Å². The van der Waals surface area contributed by atoms with Crippen LogP contribution in [0.3, 0.4) is 0 Å². The number of alkyl halides is 3. The number of piperazine rings is 1. The van der Waals surface area contributed by atoms with E-state index in [2.05, 4.69) is 16.4 Å². The first kappa shape index (κ1) is 21.7. The molecule has 1 aromatic heterocycles. The number of rotatable bonds is 4. The summed E-state index contributed by atoms with van der Waals surface area (Å²) >= 11 is 6.02. The van der Waals surface area contributed by atoms with Crippen LogP contribution in [-0.4, -0.2) is 54.1 Å². The standard InChI is InChI=1S/C19H23ClF3N5O/c20-15-10-14(19(21,22)23)11-25-17(15)28-8-6-27(7-9-28)12-16(29)26-18(13-24)4-2-1-3-5-18/h10-11H,1-9,12H2,(H,26,29). The number of nitrogens with one attached hydrogen (secondary N) is 1. The summed E-state index contributed by atoms with van der Waals surface area (Å²) < 4.78 is 38.3. The molecule has 0 unspecified atom stereocenters. The van der Waals surface area contributed by atoms with Crippen LogP contribution in [0.1, 0.15) is 37.7 Å². The lowest BCUT2D eigenvalue weighted by Crippen LogP contribution is -2.54. The highest BCUT2D eigenvalue weighted by Gasteiger charge is 2.35. The van der Waals surface area contributed by atoms with Crippen molar-refractivity contribution in [3.8, 4) is 6.07 Å². The smallest absolute Gasteiger partial charge is 0.353 e. The molecule has 0 radical (unpaired) electrons. The quantitative estimate of drug-likeness (QED) is 0.795. The monoisotopic (exact) mass is 429 g/mol. The Balaban J connectivity index is 1.53. The third kappa shape index (κ3) is 5.31. The molecule has 1 aliphatic heterocycles. The molecule has 158 valence electrons. The van der Waals surface area contributed by atoms with Gasteiger partial charge >= 0.3 is 6.18 Å². The summed E-state index contributed by atoms with van der Waals surface area (Å²) in [5.41, 5.74) is -1.63. The van der Waals surface area contributed by atoms with Gasteiger partial charge in [0.05, 0.1) is 23.2 Å². The average Bonchev–Trinajstić information content (AvgIpc) is 2.68. The summed E-state index contributed by atoms with van der Waals surface area (Å²) in [5, 5.41) is 12.3. The third-order valence-corrected chi connectivity index (χ3v) is 5.77. The van der Waals surface area contributed by atoms with Crippen molar-refractivity contribution in [3.63, 3.8) is 0 Å². The number of hydrogen-bond acceptors (Lipinski definition) is 5. The molecule has 0 atom stereocenters. The van der Waals surface area contributed by atoms with Crippen molar-refractivity contribution in [3.05, 3.63) is 22.8 Å². The molecule has 2 heterocycles. The Morgan fingerprint density at radius 3 is 2.45 bits per heavy atom. The number of pyridine rings is 1. The van der Waals surface area contributed by atoms with Crippen molar-refractivity contribution >= 4 is 23.3 Å². The van der Waals surface area contributed by atoms with Gasteiger partial charge in [-0.2, -0.15) is 18.4 Å². The highest BCUT2D eigenvalue weighted by atomic mass is 35.5. The summed E-state index contributed by atoms with van der Waals surface area (Å²) in [6, 6.07) is 3.16. The highest BCUT2D eigenvalue weighted by Crippen LogP contribution is 2.33. The van der Waals surface area contributed by atoms with Crippen molar-refractivity contribution in [1.82, 2.24) is 15.2 Å². The molecule has 1 amide bonds. The Labute approximate surface area is 172 Å². The van der Waals surface area contributed by atoms with E-state index in [-0.39, 0.29) is 17.5 Å². The van der Waals surface area contributed by atoms with Gasteiger partial charge in [-0.1, -0.05) is 30.9 Å². The predicted octanol–water partition coefficient (Wildman–Crippen LogP) is 3.22. The lowest BCUT2D eigenvalue weighted by molar-refractivity contribution is -0.137. The topological polar surface area (TPSA) is 72.3 Å². The molecular formula is C19H23ClF3N5O. The van der Waals surface area contributed by atoms with Crippen molar-refractivity contribution in [2.24, 2.45) is 0 Å². The molecule has 3 rings (SSSR count). The number of carbonyl (C=O) groups is 1. The zero-order chi connectivity index (χ0) is 21.1. The van der Waals surface area contributed by atoms with Crippen LogP contribution in [0.2, 0.25) is 5.02 Å². The number of nitrogens with zero attached hydrogens (tertiary/aromatic N) is 4. The first-order valence-corrected chi connectivity index (χ1v) is 10.0. The highest BCUT2D eigenvalue weighted by molar-refractivity contribution is 6.33.